The van der Waals surface area contributed by atoms with Crippen LogP contribution in [0, 0.1) is 13.8 Å². The summed E-state index contributed by atoms with van der Waals surface area (Å²) < 4.78 is 4.11. The summed E-state index contributed by atoms with van der Waals surface area (Å²) >= 11 is 1.36. The number of hydrogen-bond donors (Lipinski definition) is 1. The fourth-order valence-corrected chi connectivity index (χ4v) is 4.84. The SMILES string of the molecule is Cc1ccc(-n2cnnc2SCC(=O)Nc2cc(-c3nnc4n3CCCCC4)ccc2C)cc1. The van der Waals surface area contributed by atoms with E-state index in [1.807, 2.05) is 60.9 Å². The van der Waals surface area contributed by atoms with Gasteiger partial charge in [0.15, 0.2) is 11.0 Å². The second kappa shape index (κ2) is 9.80. The molecule has 3 heterocycles. The number of anilines is 1. The van der Waals surface area contributed by atoms with Crippen molar-refractivity contribution in [2.75, 3.05) is 11.1 Å². The van der Waals surface area contributed by atoms with Crippen LogP contribution in [0.25, 0.3) is 17.1 Å². The number of nitrogens with zero attached hydrogens (tertiary/aromatic N) is 6. The molecule has 0 fully saturated rings. The Morgan fingerprint density at radius 1 is 1.03 bits per heavy atom. The van der Waals surface area contributed by atoms with Crippen LogP contribution in [-0.4, -0.2) is 41.2 Å². The summed E-state index contributed by atoms with van der Waals surface area (Å²) in [5.41, 5.74) is 4.91. The minimum atomic E-state index is -0.0937. The van der Waals surface area contributed by atoms with E-state index in [0.29, 0.717) is 5.16 Å². The summed E-state index contributed by atoms with van der Waals surface area (Å²) in [5, 5.41) is 20.8. The Kier molecular flexibility index (Phi) is 6.44. The Bertz CT molecular complexity index is 1310. The molecule has 1 N–H and O–H groups in total. The Labute approximate surface area is 202 Å². The number of thioether (sulfide) groups is 1. The topological polar surface area (TPSA) is 90.5 Å². The average Bonchev–Trinajstić information content (AvgIpc) is 3.40. The number of hydrogen-bond acceptors (Lipinski definition) is 6. The number of aryl methyl sites for hydroxylation is 3. The van der Waals surface area contributed by atoms with E-state index < -0.39 is 0 Å². The smallest absolute Gasteiger partial charge is 0.234 e. The lowest BCUT2D eigenvalue weighted by molar-refractivity contribution is -0.113. The number of amides is 1. The summed E-state index contributed by atoms with van der Waals surface area (Å²) in [6.07, 6.45) is 6.14. The zero-order valence-corrected chi connectivity index (χ0v) is 20.2. The second-order valence-electron chi connectivity index (χ2n) is 8.59. The van der Waals surface area contributed by atoms with Gasteiger partial charge in [0.2, 0.25) is 5.91 Å². The molecule has 0 radical (unpaired) electrons. The molecule has 0 saturated heterocycles. The van der Waals surface area contributed by atoms with E-state index in [0.717, 1.165) is 60.0 Å². The first kappa shape index (κ1) is 22.3. The van der Waals surface area contributed by atoms with Gasteiger partial charge in [-0.25, -0.2) is 0 Å². The van der Waals surface area contributed by atoms with Crippen molar-refractivity contribution in [3.8, 4) is 17.1 Å². The summed E-state index contributed by atoms with van der Waals surface area (Å²) in [6.45, 7) is 4.97. The van der Waals surface area contributed by atoms with E-state index in [-0.39, 0.29) is 11.7 Å². The predicted molar refractivity (Wildman–Crippen MR) is 133 cm³/mol. The largest absolute Gasteiger partial charge is 0.325 e. The molecule has 0 aliphatic carbocycles. The number of benzene rings is 2. The number of carbonyl (C=O) groups excluding carboxylic acids is 1. The fourth-order valence-electron chi connectivity index (χ4n) is 4.12. The minimum absolute atomic E-state index is 0.0937. The first-order valence-electron chi connectivity index (χ1n) is 11.5. The van der Waals surface area contributed by atoms with E-state index in [4.69, 9.17) is 0 Å². The zero-order valence-electron chi connectivity index (χ0n) is 19.4. The highest BCUT2D eigenvalue weighted by Crippen LogP contribution is 2.27. The van der Waals surface area contributed by atoms with Gasteiger partial charge in [-0.15, -0.1) is 20.4 Å². The number of rotatable bonds is 6. The van der Waals surface area contributed by atoms with Crippen molar-refractivity contribution >= 4 is 23.4 Å². The highest BCUT2D eigenvalue weighted by atomic mass is 32.2. The number of aromatic nitrogens is 6. The summed E-state index contributed by atoms with van der Waals surface area (Å²) in [7, 11) is 0. The molecule has 0 atom stereocenters. The van der Waals surface area contributed by atoms with Crippen LogP contribution in [0.4, 0.5) is 5.69 Å². The molecule has 8 nitrogen and oxygen atoms in total. The summed E-state index contributed by atoms with van der Waals surface area (Å²) in [4.78, 5) is 12.8. The Morgan fingerprint density at radius 3 is 2.74 bits per heavy atom. The van der Waals surface area contributed by atoms with Gasteiger partial charge in [-0.2, -0.15) is 0 Å². The van der Waals surface area contributed by atoms with Crippen LogP contribution in [-0.2, 0) is 17.8 Å². The third-order valence-corrected chi connectivity index (χ3v) is 6.98. The van der Waals surface area contributed by atoms with Crippen molar-refractivity contribution in [3.63, 3.8) is 0 Å². The maximum absolute atomic E-state index is 12.8. The van der Waals surface area contributed by atoms with Gasteiger partial charge in [-0.3, -0.25) is 9.36 Å². The molecule has 2 aromatic carbocycles. The van der Waals surface area contributed by atoms with Crippen LogP contribution >= 0.6 is 11.8 Å². The number of nitrogens with one attached hydrogen (secondary N) is 1. The minimum Gasteiger partial charge on any atom is -0.325 e. The highest BCUT2D eigenvalue weighted by Gasteiger charge is 2.17. The van der Waals surface area contributed by atoms with Crippen LogP contribution in [0.1, 0.15) is 36.2 Å². The second-order valence-corrected chi connectivity index (χ2v) is 9.53. The van der Waals surface area contributed by atoms with Crippen LogP contribution < -0.4 is 5.32 Å². The summed E-state index contributed by atoms with van der Waals surface area (Å²) in [5.74, 6) is 2.05. The highest BCUT2D eigenvalue weighted by molar-refractivity contribution is 7.99. The predicted octanol–water partition coefficient (Wildman–Crippen LogP) is 4.60. The number of fused-ring (bicyclic) bond motifs is 1. The average molecular weight is 474 g/mol. The van der Waals surface area contributed by atoms with Gasteiger partial charge in [-0.1, -0.05) is 48.0 Å². The Balaban J connectivity index is 1.29. The lowest BCUT2D eigenvalue weighted by Crippen LogP contribution is -2.15. The molecule has 2 aromatic heterocycles. The molecule has 0 saturated carbocycles. The lowest BCUT2D eigenvalue weighted by atomic mass is 10.1. The van der Waals surface area contributed by atoms with Crippen LogP contribution in [0.15, 0.2) is 53.9 Å². The summed E-state index contributed by atoms with van der Waals surface area (Å²) in [6, 6.07) is 14.2. The van der Waals surface area contributed by atoms with Gasteiger partial charge in [0, 0.05) is 29.9 Å². The van der Waals surface area contributed by atoms with E-state index in [1.165, 1.54) is 23.7 Å². The molecular weight excluding hydrogens is 446 g/mol. The van der Waals surface area contributed by atoms with Gasteiger partial charge in [-0.05, 0) is 50.5 Å². The normalized spacial score (nSPS) is 13.4. The molecule has 1 aliphatic rings. The van der Waals surface area contributed by atoms with Gasteiger partial charge in [0.1, 0.15) is 12.2 Å². The van der Waals surface area contributed by atoms with Gasteiger partial charge >= 0.3 is 0 Å². The van der Waals surface area contributed by atoms with E-state index >= 15 is 0 Å². The van der Waals surface area contributed by atoms with Gasteiger partial charge in [0.25, 0.3) is 0 Å². The van der Waals surface area contributed by atoms with E-state index in [2.05, 4.69) is 30.3 Å². The van der Waals surface area contributed by atoms with E-state index in [1.54, 1.807) is 6.33 Å². The molecule has 0 unspecified atom stereocenters. The van der Waals surface area contributed by atoms with Crippen molar-refractivity contribution in [1.82, 2.24) is 29.5 Å². The molecule has 9 heteroatoms. The molecular formula is C25H27N7OS. The lowest BCUT2D eigenvalue weighted by Gasteiger charge is -2.12. The van der Waals surface area contributed by atoms with Crippen molar-refractivity contribution in [3.05, 3.63) is 65.7 Å². The van der Waals surface area contributed by atoms with Crippen molar-refractivity contribution < 1.29 is 4.79 Å². The van der Waals surface area contributed by atoms with Crippen molar-refractivity contribution in [2.45, 2.75) is 51.2 Å². The third-order valence-electron chi connectivity index (χ3n) is 6.04. The first-order chi connectivity index (χ1) is 16.6. The van der Waals surface area contributed by atoms with Crippen LogP contribution in [0.3, 0.4) is 0 Å². The maximum Gasteiger partial charge on any atom is 0.234 e. The molecule has 34 heavy (non-hydrogen) atoms. The van der Waals surface area contributed by atoms with Crippen molar-refractivity contribution in [1.29, 1.82) is 0 Å². The molecule has 0 bridgehead atoms. The third kappa shape index (κ3) is 4.75. The first-order valence-corrected chi connectivity index (χ1v) is 12.5. The Hall–Kier alpha value is -3.46. The van der Waals surface area contributed by atoms with Crippen LogP contribution in [0.5, 0.6) is 0 Å². The molecule has 1 aliphatic heterocycles. The Morgan fingerprint density at radius 2 is 1.88 bits per heavy atom. The van der Waals surface area contributed by atoms with E-state index in [9.17, 15) is 4.79 Å². The van der Waals surface area contributed by atoms with Crippen molar-refractivity contribution in [2.24, 2.45) is 0 Å². The zero-order chi connectivity index (χ0) is 23.5. The monoisotopic (exact) mass is 473 g/mol. The standard InChI is InChI=1S/C25H27N7OS/c1-17-7-11-20(12-8-17)32-16-26-30-25(32)34-15-23(33)27-21-14-19(10-9-18(21)2)24-29-28-22-6-4-3-5-13-31(22)24/h7-12,14,16H,3-6,13,15H2,1-2H3,(H,27,33). The molecule has 4 aromatic rings. The van der Waals surface area contributed by atoms with Crippen LogP contribution in [0.2, 0.25) is 0 Å². The maximum atomic E-state index is 12.8. The van der Waals surface area contributed by atoms with Gasteiger partial charge < -0.3 is 9.88 Å². The fraction of sp³-hybridized carbons (Fsp3) is 0.320. The quantitative estimate of drug-likeness (QED) is 0.412. The molecule has 0 spiro atoms. The molecule has 1 amide bonds. The number of carbonyl (C=O) groups is 1. The molecule has 174 valence electrons. The molecule has 5 rings (SSSR count). The van der Waals surface area contributed by atoms with Gasteiger partial charge in [0.05, 0.1) is 5.75 Å².